The Hall–Kier alpha value is -2.10. The number of fused-ring (bicyclic) bond motifs is 1. The van der Waals surface area contributed by atoms with Crippen molar-refractivity contribution in [2.24, 2.45) is 5.92 Å². The van der Waals surface area contributed by atoms with Gasteiger partial charge in [0.05, 0.1) is 5.69 Å². The number of rotatable bonds is 4. The molecule has 0 saturated heterocycles. The van der Waals surface area contributed by atoms with Crippen molar-refractivity contribution < 1.29 is 4.79 Å². The van der Waals surface area contributed by atoms with E-state index < -0.39 is 0 Å². The maximum atomic E-state index is 12.8. The number of carbonyl (C=O) groups excluding carboxylic acids is 1. The van der Waals surface area contributed by atoms with Crippen LogP contribution in [0, 0.1) is 12.8 Å². The van der Waals surface area contributed by atoms with Crippen LogP contribution in [-0.4, -0.2) is 27.3 Å². The zero-order valence-corrected chi connectivity index (χ0v) is 13.3. The second-order valence-corrected chi connectivity index (χ2v) is 6.03. The summed E-state index contributed by atoms with van der Waals surface area (Å²) >= 11 is 0. The topological polar surface area (TPSA) is 49.0 Å². The van der Waals surface area contributed by atoms with E-state index in [4.69, 9.17) is 0 Å². The Balaban J connectivity index is 1.70. The molecule has 4 heteroatoms. The second kappa shape index (κ2) is 6.34. The fourth-order valence-corrected chi connectivity index (χ4v) is 3.24. The van der Waals surface area contributed by atoms with Gasteiger partial charge in [-0.05, 0) is 32.3 Å². The van der Waals surface area contributed by atoms with Crippen molar-refractivity contribution in [1.82, 2.24) is 14.9 Å². The number of aromatic amines is 1. The van der Waals surface area contributed by atoms with Crippen LogP contribution in [-0.2, 0) is 24.2 Å². The van der Waals surface area contributed by atoms with Crippen LogP contribution in [0.2, 0.25) is 0 Å². The van der Waals surface area contributed by atoms with E-state index in [-0.39, 0.29) is 11.8 Å². The highest BCUT2D eigenvalue weighted by Gasteiger charge is 2.29. The molecule has 1 aliphatic carbocycles. The van der Waals surface area contributed by atoms with Crippen LogP contribution >= 0.6 is 0 Å². The molecule has 22 heavy (non-hydrogen) atoms. The normalized spacial score (nSPS) is 17.1. The van der Waals surface area contributed by atoms with Gasteiger partial charge in [-0.25, -0.2) is 4.98 Å². The summed E-state index contributed by atoms with van der Waals surface area (Å²) in [7, 11) is 0. The molecule has 1 heterocycles. The number of benzene rings is 1. The van der Waals surface area contributed by atoms with Crippen LogP contribution in [0.25, 0.3) is 0 Å². The minimum absolute atomic E-state index is 0.0796. The van der Waals surface area contributed by atoms with Gasteiger partial charge in [-0.3, -0.25) is 4.79 Å². The molecule has 0 spiro atoms. The first kappa shape index (κ1) is 14.8. The van der Waals surface area contributed by atoms with Crippen LogP contribution in [0.15, 0.2) is 30.3 Å². The van der Waals surface area contributed by atoms with Crippen molar-refractivity contribution in [3.8, 4) is 0 Å². The number of aryl methyl sites for hydroxylation is 2. The number of nitrogens with one attached hydrogen (secondary N) is 1. The number of aromatic nitrogens is 2. The molecule has 0 fully saturated rings. The van der Waals surface area contributed by atoms with E-state index in [1.165, 1.54) is 5.56 Å². The number of nitrogens with zero attached hydrogens (tertiary/aromatic N) is 2. The highest BCUT2D eigenvalue weighted by Crippen LogP contribution is 2.25. The summed E-state index contributed by atoms with van der Waals surface area (Å²) in [4.78, 5) is 22.6. The Morgan fingerprint density at radius 1 is 1.36 bits per heavy atom. The third-order valence-electron chi connectivity index (χ3n) is 4.42. The SMILES string of the molecule is CCN(Cc1ccccc1)C(=O)[C@@H]1CCc2nc(C)[nH]c2C1. The van der Waals surface area contributed by atoms with E-state index in [2.05, 4.69) is 29.0 Å². The Bertz CT molecular complexity index is 648. The fraction of sp³-hybridized carbons (Fsp3) is 0.444. The fourth-order valence-electron chi connectivity index (χ4n) is 3.24. The monoisotopic (exact) mass is 297 g/mol. The smallest absolute Gasteiger partial charge is 0.226 e. The van der Waals surface area contributed by atoms with Crippen LogP contribution in [0.5, 0.6) is 0 Å². The zero-order valence-electron chi connectivity index (χ0n) is 13.3. The number of H-pyrrole nitrogens is 1. The molecule has 0 saturated carbocycles. The van der Waals surface area contributed by atoms with Crippen LogP contribution in [0.4, 0.5) is 0 Å². The van der Waals surface area contributed by atoms with Crippen molar-refractivity contribution >= 4 is 5.91 Å². The summed E-state index contributed by atoms with van der Waals surface area (Å²) in [6, 6.07) is 10.2. The van der Waals surface area contributed by atoms with E-state index >= 15 is 0 Å². The van der Waals surface area contributed by atoms with Gasteiger partial charge in [0.2, 0.25) is 5.91 Å². The molecule has 0 bridgehead atoms. The number of imidazole rings is 1. The van der Waals surface area contributed by atoms with Crippen molar-refractivity contribution in [2.75, 3.05) is 6.54 Å². The lowest BCUT2D eigenvalue weighted by Gasteiger charge is -2.28. The average molecular weight is 297 g/mol. The van der Waals surface area contributed by atoms with Gasteiger partial charge in [-0.2, -0.15) is 0 Å². The Labute approximate surface area is 131 Å². The number of carbonyl (C=O) groups is 1. The first-order chi connectivity index (χ1) is 10.7. The molecule has 0 aliphatic heterocycles. The number of hydrogen-bond donors (Lipinski definition) is 1. The minimum atomic E-state index is 0.0796. The van der Waals surface area contributed by atoms with Gasteiger partial charge in [0.25, 0.3) is 0 Å². The molecule has 0 unspecified atom stereocenters. The third-order valence-corrected chi connectivity index (χ3v) is 4.42. The molecule has 1 aromatic carbocycles. The zero-order chi connectivity index (χ0) is 15.5. The van der Waals surface area contributed by atoms with Gasteiger partial charge < -0.3 is 9.88 Å². The maximum absolute atomic E-state index is 12.8. The molecular formula is C18H23N3O. The quantitative estimate of drug-likeness (QED) is 0.943. The van der Waals surface area contributed by atoms with E-state index in [1.54, 1.807) is 0 Å². The van der Waals surface area contributed by atoms with Gasteiger partial charge in [0.15, 0.2) is 0 Å². The van der Waals surface area contributed by atoms with Crippen molar-refractivity contribution in [1.29, 1.82) is 0 Å². The maximum Gasteiger partial charge on any atom is 0.226 e. The van der Waals surface area contributed by atoms with Crippen molar-refractivity contribution in [3.63, 3.8) is 0 Å². The van der Waals surface area contributed by atoms with Gasteiger partial charge in [-0.15, -0.1) is 0 Å². The van der Waals surface area contributed by atoms with E-state index in [0.717, 1.165) is 43.0 Å². The molecule has 3 rings (SSSR count). The van der Waals surface area contributed by atoms with E-state index in [1.807, 2.05) is 30.0 Å². The summed E-state index contributed by atoms with van der Waals surface area (Å²) in [5, 5.41) is 0. The standard InChI is InChI=1S/C18H23N3O/c1-3-21(12-14-7-5-4-6-8-14)18(22)15-9-10-16-17(11-15)20-13(2)19-16/h4-8,15H,3,9-12H2,1-2H3,(H,19,20)/t15-/m1/s1. The lowest BCUT2D eigenvalue weighted by molar-refractivity contribution is -0.136. The molecule has 1 atom stereocenters. The Morgan fingerprint density at radius 3 is 2.86 bits per heavy atom. The van der Waals surface area contributed by atoms with Crippen LogP contribution in [0.3, 0.4) is 0 Å². The van der Waals surface area contributed by atoms with Crippen molar-refractivity contribution in [3.05, 3.63) is 53.1 Å². The molecular weight excluding hydrogens is 274 g/mol. The Kier molecular flexibility index (Phi) is 4.27. The van der Waals surface area contributed by atoms with Crippen LogP contribution in [0.1, 0.15) is 36.1 Å². The van der Waals surface area contributed by atoms with Gasteiger partial charge >= 0.3 is 0 Å². The first-order valence-corrected chi connectivity index (χ1v) is 8.04. The van der Waals surface area contributed by atoms with E-state index in [0.29, 0.717) is 6.54 Å². The summed E-state index contributed by atoms with van der Waals surface area (Å²) in [5.74, 6) is 1.30. The van der Waals surface area contributed by atoms with Gasteiger partial charge in [-0.1, -0.05) is 30.3 Å². The summed E-state index contributed by atoms with van der Waals surface area (Å²) in [5.41, 5.74) is 3.48. The lowest BCUT2D eigenvalue weighted by Crippen LogP contribution is -2.38. The second-order valence-electron chi connectivity index (χ2n) is 6.03. The van der Waals surface area contributed by atoms with Gasteiger partial charge in [0.1, 0.15) is 5.82 Å². The Morgan fingerprint density at radius 2 is 2.14 bits per heavy atom. The molecule has 1 aliphatic rings. The molecule has 1 aromatic heterocycles. The molecule has 116 valence electrons. The summed E-state index contributed by atoms with van der Waals surface area (Å²) < 4.78 is 0. The summed E-state index contributed by atoms with van der Waals surface area (Å²) in [6.07, 6.45) is 2.60. The average Bonchev–Trinajstić information content (AvgIpc) is 2.92. The highest BCUT2D eigenvalue weighted by molar-refractivity contribution is 5.79. The molecule has 1 amide bonds. The summed E-state index contributed by atoms with van der Waals surface area (Å²) in [6.45, 7) is 5.47. The minimum Gasteiger partial charge on any atom is -0.346 e. The molecule has 2 aromatic rings. The number of amides is 1. The van der Waals surface area contributed by atoms with Crippen LogP contribution < -0.4 is 0 Å². The molecule has 4 nitrogen and oxygen atoms in total. The van der Waals surface area contributed by atoms with E-state index in [9.17, 15) is 4.79 Å². The highest BCUT2D eigenvalue weighted by atomic mass is 16.2. The predicted molar refractivity (Wildman–Crippen MR) is 86.4 cm³/mol. The number of hydrogen-bond acceptors (Lipinski definition) is 2. The van der Waals surface area contributed by atoms with Gasteiger partial charge in [0, 0.05) is 31.1 Å². The lowest BCUT2D eigenvalue weighted by atomic mass is 9.88. The first-order valence-electron chi connectivity index (χ1n) is 8.04. The molecule has 1 N–H and O–H groups in total. The molecule has 0 radical (unpaired) electrons. The third kappa shape index (κ3) is 3.06. The largest absolute Gasteiger partial charge is 0.346 e. The predicted octanol–water partition coefficient (Wildman–Crippen LogP) is 2.87. The van der Waals surface area contributed by atoms with Crippen molar-refractivity contribution in [2.45, 2.75) is 39.7 Å².